The lowest BCUT2D eigenvalue weighted by Gasteiger charge is -2.01. The lowest BCUT2D eigenvalue weighted by molar-refractivity contribution is 0.771. The molecule has 0 N–H and O–H groups in total. The van der Waals surface area contributed by atoms with Gasteiger partial charge in [0, 0.05) is 24.0 Å². The van der Waals surface area contributed by atoms with Crippen LogP contribution in [0.4, 0.5) is 0 Å². The van der Waals surface area contributed by atoms with E-state index in [-0.39, 0.29) is 0 Å². The first-order valence-electron chi connectivity index (χ1n) is 6.08. The molecule has 4 rings (SSSR count). The van der Waals surface area contributed by atoms with Crippen molar-refractivity contribution in [2.75, 3.05) is 0 Å². The average Bonchev–Trinajstić information content (AvgIpc) is 2.88. The molecule has 0 saturated carbocycles. The number of aromatic nitrogens is 3. The third kappa shape index (κ3) is 1.16. The average molecular weight is 223 g/mol. The van der Waals surface area contributed by atoms with Crippen molar-refractivity contribution in [3.8, 4) is 0 Å². The van der Waals surface area contributed by atoms with Crippen LogP contribution in [0.3, 0.4) is 0 Å². The number of pyridine rings is 1. The van der Waals surface area contributed by atoms with E-state index in [1.165, 1.54) is 23.1 Å². The summed E-state index contributed by atoms with van der Waals surface area (Å²) in [5, 5.41) is 1.18. The Labute approximate surface area is 99.1 Å². The van der Waals surface area contributed by atoms with Crippen molar-refractivity contribution in [1.82, 2.24) is 14.5 Å². The van der Waals surface area contributed by atoms with Gasteiger partial charge in [-0.15, -0.1) is 0 Å². The summed E-state index contributed by atoms with van der Waals surface area (Å²) in [7, 11) is 0. The van der Waals surface area contributed by atoms with Crippen molar-refractivity contribution in [1.29, 1.82) is 0 Å². The van der Waals surface area contributed by atoms with E-state index in [1.54, 1.807) is 0 Å². The van der Waals surface area contributed by atoms with Gasteiger partial charge in [0.2, 0.25) is 0 Å². The second-order valence-electron chi connectivity index (χ2n) is 4.74. The Balaban J connectivity index is 2.18. The van der Waals surface area contributed by atoms with Gasteiger partial charge in [0.25, 0.3) is 0 Å². The van der Waals surface area contributed by atoms with Gasteiger partial charge in [0.1, 0.15) is 5.82 Å². The molecule has 1 aliphatic heterocycles. The van der Waals surface area contributed by atoms with Crippen molar-refractivity contribution in [2.45, 2.75) is 26.3 Å². The summed E-state index contributed by atoms with van der Waals surface area (Å²) in [6.07, 6.45) is 2.33. The Kier molecular flexibility index (Phi) is 1.65. The highest BCUT2D eigenvalue weighted by molar-refractivity contribution is 6.02. The number of nitrogens with zero attached hydrogens (tertiary/aromatic N) is 3. The zero-order valence-corrected chi connectivity index (χ0v) is 9.77. The molecule has 0 radical (unpaired) electrons. The van der Waals surface area contributed by atoms with Crippen molar-refractivity contribution >= 4 is 21.9 Å². The quantitative estimate of drug-likeness (QED) is 0.586. The van der Waals surface area contributed by atoms with E-state index >= 15 is 0 Å². The molecule has 84 valence electrons. The zero-order chi connectivity index (χ0) is 11.4. The monoisotopic (exact) mass is 223 g/mol. The Bertz CT molecular complexity index is 740. The molecule has 0 spiro atoms. The van der Waals surface area contributed by atoms with Crippen molar-refractivity contribution in [3.63, 3.8) is 0 Å². The maximum atomic E-state index is 4.77. The third-order valence-electron chi connectivity index (χ3n) is 3.59. The highest BCUT2D eigenvalue weighted by Gasteiger charge is 2.17. The fourth-order valence-corrected chi connectivity index (χ4v) is 2.78. The van der Waals surface area contributed by atoms with Gasteiger partial charge in [-0.05, 0) is 37.6 Å². The third-order valence-corrected chi connectivity index (χ3v) is 3.59. The summed E-state index contributed by atoms with van der Waals surface area (Å²) in [6, 6.07) is 8.47. The van der Waals surface area contributed by atoms with Gasteiger partial charge in [-0.1, -0.05) is 0 Å². The minimum Gasteiger partial charge on any atom is -0.328 e. The predicted molar refractivity (Wildman–Crippen MR) is 68.1 cm³/mol. The van der Waals surface area contributed by atoms with Crippen LogP contribution in [-0.2, 0) is 13.0 Å². The van der Waals surface area contributed by atoms with E-state index in [4.69, 9.17) is 4.98 Å². The molecule has 17 heavy (non-hydrogen) atoms. The molecule has 3 heteroatoms. The van der Waals surface area contributed by atoms with Crippen LogP contribution in [0.1, 0.15) is 17.9 Å². The normalized spacial score (nSPS) is 14.6. The second-order valence-corrected chi connectivity index (χ2v) is 4.74. The molecule has 3 heterocycles. The first-order valence-corrected chi connectivity index (χ1v) is 6.08. The molecular weight excluding hydrogens is 210 g/mol. The standard InChI is InChI=1S/C14H13N3/c1-9-4-5-10-11(15-9)6-7-12-14(10)16-13-3-2-8-17(12)13/h4-7H,2-3,8H2,1H3. The Morgan fingerprint density at radius 1 is 1.12 bits per heavy atom. The van der Waals surface area contributed by atoms with E-state index < -0.39 is 0 Å². The molecule has 0 amide bonds. The number of imidazole rings is 1. The van der Waals surface area contributed by atoms with Gasteiger partial charge >= 0.3 is 0 Å². The van der Waals surface area contributed by atoms with Crippen LogP contribution < -0.4 is 0 Å². The van der Waals surface area contributed by atoms with Crippen molar-refractivity contribution in [3.05, 3.63) is 35.8 Å². The van der Waals surface area contributed by atoms with Gasteiger partial charge < -0.3 is 4.57 Å². The number of aryl methyl sites for hydroxylation is 3. The van der Waals surface area contributed by atoms with Gasteiger partial charge in [-0.25, -0.2) is 4.98 Å². The topological polar surface area (TPSA) is 30.7 Å². The molecule has 0 atom stereocenters. The SMILES string of the molecule is Cc1ccc2c(ccc3c2nc2n3CCC2)n1. The van der Waals surface area contributed by atoms with Crippen LogP contribution >= 0.6 is 0 Å². The molecule has 0 saturated heterocycles. The fourth-order valence-electron chi connectivity index (χ4n) is 2.78. The molecule has 3 nitrogen and oxygen atoms in total. The fraction of sp³-hybridized carbons (Fsp3) is 0.286. The van der Waals surface area contributed by atoms with E-state index in [9.17, 15) is 0 Å². The van der Waals surface area contributed by atoms with Crippen LogP contribution in [0.5, 0.6) is 0 Å². The highest BCUT2D eigenvalue weighted by Crippen LogP contribution is 2.28. The maximum Gasteiger partial charge on any atom is 0.109 e. The smallest absolute Gasteiger partial charge is 0.109 e. The van der Waals surface area contributed by atoms with Crippen LogP contribution in [0, 0.1) is 6.92 Å². The molecular formula is C14H13N3. The number of rotatable bonds is 0. The van der Waals surface area contributed by atoms with Crippen LogP contribution in [0.2, 0.25) is 0 Å². The van der Waals surface area contributed by atoms with E-state index in [1.807, 2.05) is 6.92 Å². The predicted octanol–water partition coefficient (Wildman–Crippen LogP) is 2.84. The summed E-state index contributed by atoms with van der Waals surface area (Å²) in [5.74, 6) is 1.23. The molecule has 0 aliphatic carbocycles. The highest BCUT2D eigenvalue weighted by atomic mass is 15.1. The summed E-state index contributed by atoms with van der Waals surface area (Å²) < 4.78 is 2.34. The van der Waals surface area contributed by atoms with Crippen LogP contribution in [0.25, 0.3) is 21.9 Å². The molecule has 1 aromatic carbocycles. The largest absolute Gasteiger partial charge is 0.328 e. The lowest BCUT2D eigenvalue weighted by Crippen LogP contribution is -1.91. The van der Waals surface area contributed by atoms with Crippen LogP contribution in [0.15, 0.2) is 24.3 Å². The van der Waals surface area contributed by atoms with Gasteiger partial charge in [-0.2, -0.15) is 0 Å². The molecule has 2 aromatic heterocycles. The van der Waals surface area contributed by atoms with Crippen LogP contribution in [-0.4, -0.2) is 14.5 Å². The summed E-state index contributed by atoms with van der Waals surface area (Å²) in [5.41, 5.74) is 4.48. The molecule has 1 aliphatic rings. The number of benzene rings is 1. The maximum absolute atomic E-state index is 4.77. The van der Waals surface area contributed by atoms with E-state index in [0.29, 0.717) is 0 Å². The molecule has 3 aromatic rings. The lowest BCUT2D eigenvalue weighted by atomic mass is 10.1. The first-order chi connectivity index (χ1) is 8.33. The van der Waals surface area contributed by atoms with E-state index in [2.05, 4.69) is 33.8 Å². The Morgan fingerprint density at radius 3 is 3.00 bits per heavy atom. The number of fused-ring (bicyclic) bond motifs is 5. The van der Waals surface area contributed by atoms with Crippen molar-refractivity contribution in [2.24, 2.45) is 0 Å². The number of hydrogen-bond donors (Lipinski definition) is 0. The molecule has 0 fully saturated rings. The summed E-state index contributed by atoms with van der Waals surface area (Å²) in [4.78, 5) is 9.33. The summed E-state index contributed by atoms with van der Waals surface area (Å²) >= 11 is 0. The first kappa shape index (κ1) is 9.16. The Morgan fingerprint density at radius 2 is 2.06 bits per heavy atom. The van der Waals surface area contributed by atoms with Gasteiger partial charge in [0.05, 0.1) is 16.6 Å². The van der Waals surface area contributed by atoms with E-state index in [0.717, 1.165) is 29.7 Å². The zero-order valence-electron chi connectivity index (χ0n) is 9.77. The minimum absolute atomic E-state index is 1.05. The number of hydrogen-bond acceptors (Lipinski definition) is 2. The van der Waals surface area contributed by atoms with Gasteiger partial charge in [0.15, 0.2) is 0 Å². The van der Waals surface area contributed by atoms with Crippen molar-refractivity contribution < 1.29 is 0 Å². The van der Waals surface area contributed by atoms with Gasteiger partial charge in [-0.3, -0.25) is 4.98 Å². The Hall–Kier alpha value is -1.90. The minimum atomic E-state index is 1.05. The second kappa shape index (κ2) is 3.06. The molecule has 0 unspecified atom stereocenters. The summed E-state index contributed by atoms with van der Waals surface area (Å²) in [6.45, 7) is 3.13. The molecule has 0 bridgehead atoms.